The number of carbonyl (C=O) groups excluding carboxylic acids is 5. The van der Waals surface area contributed by atoms with Crippen LogP contribution in [-0.4, -0.2) is 137 Å². The number of cyclic esters (lactones) is 1. The largest absolute Gasteiger partial charge is 0.455 e. The lowest BCUT2D eigenvalue weighted by Crippen LogP contribution is -2.63. The highest BCUT2D eigenvalue weighted by Crippen LogP contribution is 2.40. The first-order chi connectivity index (χ1) is 21.8. The number of likely N-dealkylation sites (N-methyl/N-ethyl adjacent to an activating group) is 1. The number of esters is 1. The number of ketones is 2. The van der Waals surface area contributed by atoms with Crippen molar-refractivity contribution < 1.29 is 63.0 Å². The van der Waals surface area contributed by atoms with Gasteiger partial charge >= 0.3 is 12.1 Å². The summed E-state index contributed by atoms with van der Waals surface area (Å²) in [6.45, 7) is 9.13. The van der Waals surface area contributed by atoms with Crippen LogP contribution in [0.25, 0.3) is 0 Å². The van der Waals surface area contributed by atoms with Crippen LogP contribution in [0, 0.1) is 17.8 Å². The smallest absolute Gasteiger partial charge is 0.408 e. The minimum atomic E-state index is -3.11. The minimum Gasteiger partial charge on any atom is -0.455 e. The van der Waals surface area contributed by atoms with Gasteiger partial charge in [0, 0.05) is 23.8 Å². The summed E-state index contributed by atoms with van der Waals surface area (Å²) in [5.74, 6) is -6.23. The predicted molar refractivity (Wildman–Crippen MR) is 164 cm³/mol. The summed E-state index contributed by atoms with van der Waals surface area (Å²) in [7, 11) is 3.56. The van der Waals surface area contributed by atoms with E-state index in [2.05, 4.69) is 5.32 Å². The monoisotopic (exact) mass is 672 g/mol. The van der Waals surface area contributed by atoms with Crippen molar-refractivity contribution >= 4 is 29.9 Å². The van der Waals surface area contributed by atoms with Crippen LogP contribution in [0.4, 0.5) is 4.79 Å². The number of rotatable bonds is 8. The Labute approximate surface area is 275 Å². The molecule has 3 aliphatic rings. The van der Waals surface area contributed by atoms with Crippen molar-refractivity contribution in [2.24, 2.45) is 17.8 Å². The number of aliphatic hydroxyl groups is 3. The molecule has 3 saturated heterocycles. The summed E-state index contributed by atoms with van der Waals surface area (Å²) in [6.07, 6.45) is -5.63. The second-order valence-corrected chi connectivity index (χ2v) is 13.9. The molecule has 15 heteroatoms. The van der Waals surface area contributed by atoms with Crippen molar-refractivity contribution in [3.05, 3.63) is 0 Å². The summed E-state index contributed by atoms with van der Waals surface area (Å²) in [5, 5.41) is 35.8. The van der Waals surface area contributed by atoms with Gasteiger partial charge in [0.25, 0.3) is 0 Å². The third-order valence-electron chi connectivity index (χ3n) is 10.1. The number of alkyl carbamates (subject to hydrolysis) is 1. The number of amides is 1. The van der Waals surface area contributed by atoms with E-state index >= 15 is 0 Å². The number of hydrogen-bond acceptors (Lipinski definition) is 14. The molecule has 3 rings (SSSR count). The van der Waals surface area contributed by atoms with Gasteiger partial charge in [-0.15, -0.1) is 0 Å². The zero-order valence-corrected chi connectivity index (χ0v) is 28.8. The average Bonchev–Trinajstić information content (AvgIpc) is 3.34. The van der Waals surface area contributed by atoms with Crippen LogP contribution in [0.5, 0.6) is 0 Å². The van der Waals surface area contributed by atoms with Gasteiger partial charge in [-0.05, 0) is 54.1 Å². The van der Waals surface area contributed by atoms with Gasteiger partial charge in [0.15, 0.2) is 17.7 Å². The van der Waals surface area contributed by atoms with Crippen molar-refractivity contribution in [1.82, 2.24) is 10.2 Å². The Morgan fingerprint density at radius 2 is 1.72 bits per heavy atom. The molecule has 15 nitrogen and oxygen atoms in total. The third kappa shape index (κ3) is 7.56. The molecule has 0 bridgehead atoms. The first kappa shape index (κ1) is 38.9. The highest BCUT2D eigenvalue weighted by molar-refractivity contribution is 6.08. The number of Topliss-reactive ketones (excluding diaryl/α,β-unsaturated/α-hetero) is 2. The van der Waals surface area contributed by atoms with Crippen LogP contribution >= 0.6 is 0 Å². The van der Waals surface area contributed by atoms with Gasteiger partial charge in [-0.3, -0.25) is 9.59 Å². The minimum absolute atomic E-state index is 0.0564. The molecule has 4 N–H and O–H groups in total. The van der Waals surface area contributed by atoms with E-state index in [1.165, 1.54) is 20.8 Å². The topological polar surface area (TPSA) is 207 Å². The molecule has 0 radical (unpaired) electrons. The van der Waals surface area contributed by atoms with E-state index in [0.717, 1.165) is 0 Å². The molecule has 0 aromatic carbocycles. The van der Waals surface area contributed by atoms with Crippen molar-refractivity contribution in [2.45, 2.75) is 127 Å². The van der Waals surface area contributed by atoms with Gasteiger partial charge in [0.1, 0.15) is 30.9 Å². The average molecular weight is 673 g/mol. The van der Waals surface area contributed by atoms with E-state index in [1.54, 1.807) is 46.7 Å². The molecule has 0 aromatic rings. The van der Waals surface area contributed by atoms with E-state index in [9.17, 15) is 39.3 Å². The Balaban J connectivity index is 2.22. The lowest BCUT2D eigenvalue weighted by atomic mass is 9.73. The number of fused-ring (bicyclic) bond motifs is 1. The number of nitrogens with one attached hydrogen (secondary N) is 1. The van der Waals surface area contributed by atoms with E-state index in [4.69, 9.17) is 23.7 Å². The molecule has 0 spiro atoms. The van der Waals surface area contributed by atoms with Crippen molar-refractivity contribution in [3.63, 3.8) is 0 Å². The molecule has 1 amide bonds. The molecule has 13 atom stereocenters. The standard InChI is InChI=1S/C32H52N2O13/c1-10-21-31(7)24(33-29(41)47-31)18(4)22(37)16(2)14-30(6,43-12-11-35)26(19(5)25(39)32(42,15-36)28(40)45-21)46-27-23(38)20(34(8)9)13-17(3)44-27/h11,16-21,23-24,26-27,36,38,42H,10,12-15H2,1-9H3,(H,33,41)/t16-,17-,18-,19+,20+,21+,23-,24-,26-,27+,30+,31-,32?/m1/s1. The number of ether oxygens (including phenoxy) is 5. The van der Waals surface area contributed by atoms with E-state index in [1.807, 2.05) is 0 Å². The van der Waals surface area contributed by atoms with Crippen LogP contribution in [0.2, 0.25) is 0 Å². The molecule has 1 unspecified atom stereocenters. The van der Waals surface area contributed by atoms with E-state index in [0.29, 0.717) is 12.7 Å². The Morgan fingerprint density at radius 1 is 1.09 bits per heavy atom. The lowest BCUT2D eigenvalue weighted by molar-refractivity contribution is -0.297. The summed E-state index contributed by atoms with van der Waals surface area (Å²) in [4.78, 5) is 67.8. The molecule has 0 aliphatic carbocycles. The van der Waals surface area contributed by atoms with Gasteiger partial charge < -0.3 is 54.0 Å². The maximum Gasteiger partial charge on any atom is 0.408 e. The highest BCUT2D eigenvalue weighted by atomic mass is 16.7. The number of aldehydes is 1. The molecule has 3 heterocycles. The number of aliphatic hydroxyl groups excluding tert-OH is 2. The quantitative estimate of drug-likeness (QED) is 0.154. The SMILES string of the molecule is CC[C@@H]1OC(=O)C(O)(CO)C(=O)[C@H](C)[C@@H](O[C@@H]2O[C@H](C)C[C@H](N(C)C)[C@H]2O)[C@@](C)(OCC=O)C[C@@H](C)C(=O)[C@@H](C)[C@H]2NC(=O)O[C@]12C. The Bertz CT molecular complexity index is 1180. The Kier molecular flexibility index (Phi) is 12.4. The summed E-state index contributed by atoms with van der Waals surface area (Å²) in [6, 6.07) is -1.41. The van der Waals surface area contributed by atoms with Crippen molar-refractivity contribution in [3.8, 4) is 0 Å². The van der Waals surface area contributed by atoms with E-state index in [-0.39, 0.29) is 18.6 Å². The third-order valence-corrected chi connectivity index (χ3v) is 10.1. The molecule has 0 saturated carbocycles. The molecule has 3 aliphatic heterocycles. The van der Waals surface area contributed by atoms with Crippen LogP contribution in [0.1, 0.15) is 67.7 Å². The Hall–Kier alpha value is -2.53. The first-order valence-electron chi connectivity index (χ1n) is 16.2. The van der Waals surface area contributed by atoms with Gasteiger partial charge in [-0.1, -0.05) is 27.7 Å². The van der Waals surface area contributed by atoms with Gasteiger partial charge in [0.05, 0.1) is 30.5 Å². The maximum atomic E-state index is 14.2. The summed E-state index contributed by atoms with van der Waals surface area (Å²) >= 11 is 0. The van der Waals surface area contributed by atoms with E-state index < -0.39 is 108 Å². The van der Waals surface area contributed by atoms with Gasteiger partial charge in [-0.2, -0.15) is 0 Å². The highest BCUT2D eigenvalue weighted by Gasteiger charge is 2.60. The number of hydrogen-bond donors (Lipinski definition) is 4. The normalized spacial score (nSPS) is 43.9. The van der Waals surface area contributed by atoms with Crippen LogP contribution in [-0.2, 0) is 42.9 Å². The second-order valence-electron chi connectivity index (χ2n) is 13.9. The fourth-order valence-corrected chi connectivity index (χ4v) is 7.43. The molecule has 3 fully saturated rings. The maximum absolute atomic E-state index is 14.2. The zero-order valence-electron chi connectivity index (χ0n) is 28.8. The van der Waals surface area contributed by atoms with Crippen molar-refractivity contribution in [2.75, 3.05) is 27.3 Å². The predicted octanol–water partition coefficient (Wildman–Crippen LogP) is 0.134. The molecular formula is C32H52N2O13. The second kappa shape index (κ2) is 14.9. The summed E-state index contributed by atoms with van der Waals surface area (Å²) in [5.41, 5.74) is -6.36. The molecular weight excluding hydrogens is 620 g/mol. The van der Waals surface area contributed by atoms with Gasteiger partial charge in [0.2, 0.25) is 5.60 Å². The van der Waals surface area contributed by atoms with Crippen LogP contribution in [0.15, 0.2) is 0 Å². The number of nitrogens with zero attached hydrogens (tertiary/aromatic N) is 1. The van der Waals surface area contributed by atoms with Crippen molar-refractivity contribution in [1.29, 1.82) is 0 Å². The fraction of sp³-hybridized carbons (Fsp3) is 0.844. The van der Waals surface area contributed by atoms with Crippen LogP contribution in [0.3, 0.4) is 0 Å². The summed E-state index contributed by atoms with van der Waals surface area (Å²) < 4.78 is 29.6. The van der Waals surface area contributed by atoms with Crippen LogP contribution < -0.4 is 5.32 Å². The lowest BCUT2D eigenvalue weighted by Gasteiger charge is -2.47. The fourth-order valence-electron chi connectivity index (χ4n) is 7.43. The molecule has 47 heavy (non-hydrogen) atoms. The number of carbonyl (C=O) groups is 5. The first-order valence-corrected chi connectivity index (χ1v) is 16.2. The molecule has 0 aromatic heterocycles. The Morgan fingerprint density at radius 3 is 2.28 bits per heavy atom. The van der Waals surface area contributed by atoms with Gasteiger partial charge in [-0.25, -0.2) is 9.59 Å². The zero-order chi connectivity index (χ0) is 35.6. The molecule has 268 valence electrons.